The fraction of sp³-hybridized carbons (Fsp3) is 0.0556. The smallest absolute Gasteiger partial charge is 0.182 e. The molecule has 4 heteroatoms. The number of aliphatic hydroxyl groups excluding tert-OH is 1. The van der Waals surface area contributed by atoms with Crippen LogP contribution in [0.2, 0.25) is 0 Å². The van der Waals surface area contributed by atoms with E-state index in [1.165, 1.54) is 30.3 Å². The van der Waals surface area contributed by atoms with Gasteiger partial charge in [0, 0.05) is 11.6 Å². The van der Waals surface area contributed by atoms with E-state index in [2.05, 4.69) is 0 Å². The summed E-state index contributed by atoms with van der Waals surface area (Å²) in [5.74, 6) is 0.362. The van der Waals surface area contributed by atoms with E-state index in [1.807, 2.05) is 12.1 Å². The lowest BCUT2D eigenvalue weighted by Gasteiger charge is -2.00. The van der Waals surface area contributed by atoms with Gasteiger partial charge in [0.25, 0.3) is 0 Å². The predicted molar refractivity (Wildman–Crippen MR) is 85.7 cm³/mol. The molecule has 0 saturated carbocycles. The molecule has 0 aromatic heterocycles. The van der Waals surface area contributed by atoms with E-state index in [4.69, 9.17) is 4.74 Å². The van der Waals surface area contributed by atoms with Gasteiger partial charge in [-0.2, -0.15) is 0 Å². The first-order valence-electron chi connectivity index (χ1n) is 6.64. The number of phenols is 1. The molecule has 0 radical (unpaired) electrons. The minimum atomic E-state index is -0.332. The van der Waals surface area contributed by atoms with E-state index in [0.29, 0.717) is 5.56 Å². The molecule has 2 rings (SSSR count). The van der Waals surface area contributed by atoms with Crippen molar-refractivity contribution in [3.8, 4) is 11.5 Å². The molecule has 0 fully saturated rings. The van der Waals surface area contributed by atoms with Crippen molar-refractivity contribution in [2.24, 2.45) is 0 Å². The monoisotopic (exact) mass is 296 g/mol. The number of phenolic OH excluding ortho intramolecular Hbond substituents is 1. The van der Waals surface area contributed by atoms with Gasteiger partial charge >= 0.3 is 0 Å². The average molecular weight is 296 g/mol. The molecule has 0 aliphatic heterocycles. The zero-order chi connectivity index (χ0) is 15.9. The highest BCUT2D eigenvalue weighted by Crippen LogP contribution is 2.16. The Kier molecular flexibility index (Phi) is 4.98. The van der Waals surface area contributed by atoms with E-state index in [1.54, 1.807) is 25.3 Å². The molecule has 2 aromatic carbocycles. The van der Waals surface area contributed by atoms with Crippen LogP contribution in [0.3, 0.4) is 0 Å². The summed E-state index contributed by atoms with van der Waals surface area (Å²) in [5.41, 5.74) is 1.32. The van der Waals surface area contributed by atoms with Crippen LogP contribution in [-0.4, -0.2) is 23.1 Å². The van der Waals surface area contributed by atoms with Gasteiger partial charge in [-0.05, 0) is 48.0 Å². The number of ether oxygens (including phenoxy) is 1. The molecule has 22 heavy (non-hydrogen) atoms. The standard InChI is InChI=1S/C18H16O4/c1-22-17-10-3-13(4-11-17)2-7-16(20)12-18(21)14-5-8-15(19)9-6-14/h2-12,19,21H,1H3/b7-2+,18-12-. The van der Waals surface area contributed by atoms with Crippen LogP contribution < -0.4 is 4.74 Å². The number of ketones is 1. The van der Waals surface area contributed by atoms with Crippen LogP contribution in [0, 0.1) is 0 Å². The minimum absolute atomic E-state index is 0.0993. The highest BCUT2D eigenvalue weighted by atomic mass is 16.5. The van der Waals surface area contributed by atoms with Crippen LogP contribution in [0.25, 0.3) is 11.8 Å². The van der Waals surface area contributed by atoms with Crippen molar-refractivity contribution in [3.05, 3.63) is 71.8 Å². The number of hydrogen-bond donors (Lipinski definition) is 2. The van der Waals surface area contributed by atoms with E-state index in [0.717, 1.165) is 17.4 Å². The Hall–Kier alpha value is -3.01. The van der Waals surface area contributed by atoms with Gasteiger partial charge in [0.1, 0.15) is 17.3 Å². The summed E-state index contributed by atoms with van der Waals surface area (Å²) < 4.78 is 5.05. The summed E-state index contributed by atoms with van der Waals surface area (Å²) in [7, 11) is 1.59. The number of hydrogen-bond acceptors (Lipinski definition) is 4. The van der Waals surface area contributed by atoms with Gasteiger partial charge in [0.05, 0.1) is 7.11 Å². The normalized spacial score (nSPS) is 11.6. The second-order valence-electron chi connectivity index (χ2n) is 4.59. The molecule has 2 N–H and O–H groups in total. The van der Waals surface area contributed by atoms with Crippen molar-refractivity contribution in [3.63, 3.8) is 0 Å². The minimum Gasteiger partial charge on any atom is -0.508 e. The molecule has 0 atom stereocenters. The number of aliphatic hydroxyl groups is 1. The van der Waals surface area contributed by atoms with Crippen molar-refractivity contribution < 1.29 is 19.7 Å². The Bertz CT molecular complexity index is 695. The molecule has 0 unspecified atom stereocenters. The Morgan fingerprint density at radius 3 is 2.27 bits per heavy atom. The maximum atomic E-state index is 11.8. The van der Waals surface area contributed by atoms with Crippen LogP contribution >= 0.6 is 0 Å². The topological polar surface area (TPSA) is 66.8 Å². The molecule has 0 aliphatic carbocycles. The van der Waals surface area contributed by atoms with Crippen LogP contribution in [-0.2, 0) is 4.79 Å². The largest absolute Gasteiger partial charge is 0.508 e. The number of carbonyl (C=O) groups excluding carboxylic acids is 1. The third kappa shape index (κ3) is 4.24. The number of benzene rings is 2. The van der Waals surface area contributed by atoms with Crippen LogP contribution in [0.4, 0.5) is 0 Å². The fourth-order valence-corrected chi connectivity index (χ4v) is 1.79. The zero-order valence-electron chi connectivity index (χ0n) is 12.1. The zero-order valence-corrected chi connectivity index (χ0v) is 12.1. The maximum absolute atomic E-state index is 11.8. The Morgan fingerprint density at radius 1 is 1.05 bits per heavy atom. The van der Waals surface area contributed by atoms with E-state index in [9.17, 15) is 15.0 Å². The van der Waals surface area contributed by atoms with Gasteiger partial charge in [0.2, 0.25) is 0 Å². The van der Waals surface area contributed by atoms with Crippen molar-refractivity contribution in [1.82, 2.24) is 0 Å². The van der Waals surface area contributed by atoms with Gasteiger partial charge in [-0.25, -0.2) is 0 Å². The molecule has 0 heterocycles. The second kappa shape index (κ2) is 7.13. The molecule has 2 aromatic rings. The Labute approximate surface area is 128 Å². The second-order valence-corrected chi connectivity index (χ2v) is 4.59. The van der Waals surface area contributed by atoms with Crippen molar-refractivity contribution in [2.75, 3.05) is 7.11 Å². The number of rotatable bonds is 5. The lowest BCUT2D eigenvalue weighted by atomic mass is 10.1. The lowest BCUT2D eigenvalue weighted by Crippen LogP contribution is -1.90. The summed E-state index contributed by atoms with van der Waals surface area (Å²) >= 11 is 0. The van der Waals surface area contributed by atoms with Crippen molar-refractivity contribution in [1.29, 1.82) is 0 Å². The Morgan fingerprint density at radius 2 is 1.68 bits per heavy atom. The van der Waals surface area contributed by atoms with Crippen LogP contribution in [0.15, 0.2) is 60.7 Å². The highest BCUT2D eigenvalue weighted by molar-refractivity contribution is 6.05. The summed E-state index contributed by atoms with van der Waals surface area (Å²) in [6, 6.07) is 13.2. The molecule has 0 saturated heterocycles. The van der Waals surface area contributed by atoms with Gasteiger partial charge in [-0.15, -0.1) is 0 Å². The number of methoxy groups -OCH3 is 1. The van der Waals surface area contributed by atoms with E-state index in [-0.39, 0.29) is 17.3 Å². The quantitative estimate of drug-likeness (QED) is 0.653. The van der Waals surface area contributed by atoms with Crippen LogP contribution in [0.5, 0.6) is 11.5 Å². The Balaban J connectivity index is 2.05. The first-order chi connectivity index (χ1) is 10.6. The maximum Gasteiger partial charge on any atom is 0.182 e. The van der Waals surface area contributed by atoms with Crippen molar-refractivity contribution >= 4 is 17.6 Å². The predicted octanol–water partition coefficient (Wildman–Crippen LogP) is 3.58. The van der Waals surface area contributed by atoms with E-state index >= 15 is 0 Å². The highest BCUT2D eigenvalue weighted by Gasteiger charge is 2.01. The van der Waals surface area contributed by atoms with Gasteiger partial charge < -0.3 is 14.9 Å². The molecular formula is C18H16O4. The molecule has 0 amide bonds. The average Bonchev–Trinajstić information content (AvgIpc) is 2.54. The summed E-state index contributed by atoms with van der Waals surface area (Å²) in [4.78, 5) is 11.8. The first kappa shape index (κ1) is 15.4. The SMILES string of the molecule is COc1ccc(/C=C/C(=O)/C=C(\O)c2ccc(O)cc2)cc1. The van der Waals surface area contributed by atoms with Gasteiger partial charge in [0.15, 0.2) is 5.78 Å². The summed E-state index contributed by atoms with van der Waals surface area (Å²) in [6.45, 7) is 0. The number of allylic oxidation sites excluding steroid dienone is 2. The lowest BCUT2D eigenvalue weighted by molar-refractivity contribution is -0.110. The van der Waals surface area contributed by atoms with Gasteiger partial charge in [-0.1, -0.05) is 18.2 Å². The molecule has 4 nitrogen and oxygen atoms in total. The molecule has 112 valence electrons. The molecular weight excluding hydrogens is 280 g/mol. The molecule has 0 bridgehead atoms. The van der Waals surface area contributed by atoms with E-state index < -0.39 is 0 Å². The van der Waals surface area contributed by atoms with Crippen LogP contribution in [0.1, 0.15) is 11.1 Å². The molecule has 0 spiro atoms. The first-order valence-corrected chi connectivity index (χ1v) is 6.64. The van der Waals surface area contributed by atoms with Gasteiger partial charge in [-0.3, -0.25) is 4.79 Å². The fourth-order valence-electron chi connectivity index (χ4n) is 1.79. The summed E-state index contributed by atoms with van der Waals surface area (Å²) in [5, 5.41) is 19.0. The van der Waals surface area contributed by atoms with Crippen molar-refractivity contribution in [2.45, 2.75) is 0 Å². The molecule has 0 aliphatic rings. The third-order valence-electron chi connectivity index (χ3n) is 3.00. The summed E-state index contributed by atoms with van der Waals surface area (Å²) in [6.07, 6.45) is 4.16. The third-order valence-corrected chi connectivity index (χ3v) is 3.00. The number of carbonyl (C=O) groups is 1. The number of aromatic hydroxyl groups is 1.